The van der Waals surface area contributed by atoms with Crippen LogP contribution in [0.15, 0.2) is 34.9 Å². The summed E-state index contributed by atoms with van der Waals surface area (Å²) in [5.74, 6) is -1.17. The number of rotatable bonds is 2. The Kier molecular flexibility index (Phi) is 2.82. The lowest BCUT2D eigenvalue weighted by atomic mass is 10.1. The Hall–Kier alpha value is -2.31. The highest BCUT2D eigenvalue weighted by Gasteiger charge is 2.30. The lowest BCUT2D eigenvalue weighted by Gasteiger charge is -2.05. The van der Waals surface area contributed by atoms with Gasteiger partial charge in [0.15, 0.2) is 11.5 Å². The first kappa shape index (κ1) is 12.2. The normalized spacial score (nSPS) is 11.5. The van der Waals surface area contributed by atoms with Crippen LogP contribution in [0.3, 0.4) is 0 Å². The summed E-state index contributed by atoms with van der Waals surface area (Å²) >= 11 is 0. The molecule has 0 saturated carbocycles. The molecule has 0 aliphatic carbocycles. The topological polar surface area (TPSA) is 63.3 Å². The minimum absolute atomic E-state index is 0.0983. The van der Waals surface area contributed by atoms with E-state index in [4.69, 9.17) is 9.63 Å². The maximum absolute atomic E-state index is 12.3. The van der Waals surface area contributed by atoms with Crippen LogP contribution in [0.25, 0.3) is 11.3 Å². The average molecular weight is 257 g/mol. The number of carboxylic acids is 1. The van der Waals surface area contributed by atoms with Gasteiger partial charge in [-0.05, 0) is 12.1 Å². The summed E-state index contributed by atoms with van der Waals surface area (Å²) in [4.78, 5) is 10.6. The molecule has 1 aromatic carbocycles. The van der Waals surface area contributed by atoms with E-state index in [9.17, 15) is 18.0 Å². The van der Waals surface area contributed by atoms with Crippen LogP contribution < -0.4 is 0 Å². The molecule has 94 valence electrons. The zero-order chi connectivity index (χ0) is 13.3. The van der Waals surface area contributed by atoms with Gasteiger partial charge in [-0.1, -0.05) is 17.3 Å². The van der Waals surface area contributed by atoms with Crippen molar-refractivity contribution in [3.8, 4) is 11.3 Å². The third kappa shape index (κ3) is 2.34. The second-order valence-electron chi connectivity index (χ2n) is 3.46. The molecule has 1 heterocycles. The van der Waals surface area contributed by atoms with Crippen molar-refractivity contribution in [2.24, 2.45) is 0 Å². The summed E-state index contributed by atoms with van der Waals surface area (Å²) < 4.78 is 41.7. The Morgan fingerprint density at radius 3 is 2.28 bits per heavy atom. The average Bonchev–Trinajstić information content (AvgIpc) is 2.77. The van der Waals surface area contributed by atoms with E-state index in [-0.39, 0.29) is 11.5 Å². The van der Waals surface area contributed by atoms with Gasteiger partial charge in [0.05, 0.1) is 5.56 Å². The van der Waals surface area contributed by atoms with Gasteiger partial charge in [0, 0.05) is 11.6 Å². The second-order valence-corrected chi connectivity index (χ2v) is 3.46. The van der Waals surface area contributed by atoms with Crippen LogP contribution in [0.2, 0.25) is 0 Å². The lowest BCUT2D eigenvalue weighted by molar-refractivity contribution is -0.137. The molecule has 7 heteroatoms. The molecule has 0 radical (unpaired) electrons. The van der Waals surface area contributed by atoms with Crippen molar-refractivity contribution < 1.29 is 27.6 Å². The number of benzene rings is 1. The number of hydrogen-bond acceptors (Lipinski definition) is 3. The third-order valence-corrected chi connectivity index (χ3v) is 2.23. The van der Waals surface area contributed by atoms with Gasteiger partial charge in [0.25, 0.3) is 0 Å². The molecule has 4 nitrogen and oxygen atoms in total. The fourth-order valence-electron chi connectivity index (χ4n) is 1.34. The molecule has 1 N–H and O–H groups in total. The summed E-state index contributed by atoms with van der Waals surface area (Å²) in [7, 11) is 0. The van der Waals surface area contributed by atoms with E-state index in [0.29, 0.717) is 5.56 Å². The molecule has 18 heavy (non-hydrogen) atoms. The standard InChI is InChI=1S/C11H6F3NO3/c12-11(13,14)7-3-1-6(2-4-7)9-5-8(10(16)17)15-18-9/h1-5H,(H,16,17). The third-order valence-electron chi connectivity index (χ3n) is 2.23. The van der Waals surface area contributed by atoms with Crippen LogP contribution in [0.4, 0.5) is 13.2 Å². The van der Waals surface area contributed by atoms with Gasteiger partial charge in [0.2, 0.25) is 0 Å². The van der Waals surface area contributed by atoms with Crippen molar-refractivity contribution in [2.45, 2.75) is 6.18 Å². The molecular weight excluding hydrogens is 251 g/mol. The monoisotopic (exact) mass is 257 g/mol. The van der Waals surface area contributed by atoms with Crippen molar-refractivity contribution in [1.29, 1.82) is 0 Å². The quantitative estimate of drug-likeness (QED) is 0.897. The number of carboxylic acid groups (broad SMARTS) is 1. The Bertz CT molecular complexity index is 572. The maximum atomic E-state index is 12.3. The van der Waals surface area contributed by atoms with Crippen LogP contribution >= 0.6 is 0 Å². The number of aromatic nitrogens is 1. The van der Waals surface area contributed by atoms with Crippen molar-refractivity contribution in [1.82, 2.24) is 5.16 Å². The summed E-state index contributed by atoms with van der Waals surface area (Å²) in [6.45, 7) is 0. The van der Waals surface area contributed by atoms with Gasteiger partial charge in [-0.3, -0.25) is 0 Å². The predicted molar refractivity (Wildman–Crippen MR) is 53.9 cm³/mol. The molecule has 2 aromatic rings. The van der Waals surface area contributed by atoms with E-state index in [1.54, 1.807) is 0 Å². The van der Waals surface area contributed by atoms with Crippen LogP contribution in [-0.4, -0.2) is 16.2 Å². The Balaban J connectivity index is 2.31. The van der Waals surface area contributed by atoms with Crippen molar-refractivity contribution in [2.75, 3.05) is 0 Å². The van der Waals surface area contributed by atoms with Crippen LogP contribution in [0.5, 0.6) is 0 Å². The van der Waals surface area contributed by atoms with Gasteiger partial charge in [-0.25, -0.2) is 4.79 Å². The first-order chi connectivity index (χ1) is 8.38. The maximum Gasteiger partial charge on any atom is 0.416 e. The molecule has 0 spiro atoms. The van der Waals surface area contributed by atoms with E-state index in [1.165, 1.54) is 12.1 Å². The molecule has 0 amide bonds. The first-order valence-corrected chi connectivity index (χ1v) is 4.75. The number of halogens is 3. The second kappa shape index (κ2) is 4.17. The highest BCUT2D eigenvalue weighted by atomic mass is 19.4. The van der Waals surface area contributed by atoms with Crippen LogP contribution in [0, 0.1) is 0 Å². The SMILES string of the molecule is O=C(O)c1cc(-c2ccc(C(F)(F)F)cc2)on1. The molecule has 1 aromatic heterocycles. The van der Waals surface area contributed by atoms with Crippen LogP contribution in [0.1, 0.15) is 16.1 Å². The van der Waals surface area contributed by atoms with E-state index in [2.05, 4.69) is 5.16 Å². The highest BCUT2D eigenvalue weighted by molar-refractivity contribution is 5.86. The van der Waals surface area contributed by atoms with E-state index in [1.807, 2.05) is 0 Å². The first-order valence-electron chi connectivity index (χ1n) is 4.75. The van der Waals surface area contributed by atoms with Gasteiger partial charge in [0.1, 0.15) is 0 Å². The fraction of sp³-hybridized carbons (Fsp3) is 0.0909. The van der Waals surface area contributed by atoms with E-state index in [0.717, 1.165) is 18.2 Å². The van der Waals surface area contributed by atoms with Crippen molar-refractivity contribution in [3.05, 3.63) is 41.6 Å². The molecule has 0 atom stereocenters. The number of carbonyl (C=O) groups is 1. The van der Waals surface area contributed by atoms with E-state index >= 15 is 0 Å². The molecule has 0 fully saturated rings. The smallest absolute Gasteiger partial charge is 0.416 e. The summed E-state index contributed by atoms with van der Waals surface area (Å²) in [5, 5.41) is 11.9. The van der Waals surface area contributed by atoms with Gasteiger partial charge < -0.3 is 9.63 Å². The predicted octanol–water partition coefficient (Wildman–Crippen LogP) is 3.06. The molecule has 0 bridgehead atoms. The minimum atomic E-state index is -4.41. The number of alkyl halides is 3. The highest BCUT2D eigenvalue weighted by Crippen LogP contribution is 2.31. The van der Waals surface area contributed by atoms with E-state index < -0.39 is 17.7 Å². The van der Waals surface area contributed by atoms with Crippen LogP contribution in [-0.2, 0) is 6.18 Å². The molecular formula is C11H6F3NO3. The van der Waals surface area contributed by atoms with Gasteiger partial charge >= 0.3 is 12.1 Å². The van der Waals surface area contributed by atoms with Crippen molar-refractivity contribution in [3.63, 3.8) is 0 Å². The van der Waals surface area contributed by atoms with Crippen molar-refractivity contribution >= 4 is 5.97 Å². The number of hydrogen-bond donors (Lipinski definition) is 1. The molecule has 2 rings (SSSR count). The number of nitrogens with zero attached hydrogens (tertiary/aromatic N) is 1. The Morgan fingerprint density at radius 1 is 1.22 bits per heavy atom. The van der Waals surface area contributed by atoms with Gasteiger partial charge in [-0.15, -0.1) is 0 Å². The number of aromatic carboxylic acids is 1. The molecule has 0 saturated heterocycles. The fourth-order valence-corrected chi connectivity index (χ4v) is 1.34. The summed E-state index contributed by atoms with van der Waals surface area (Å²) in [6.07, 6.45) is -4.41. The summed E-state index contributed by atoms with van der Waals surface area (Å²) in [6, 6.07) is 5.30. The molecule has 0 aliphatic rings. The Labute approximate surface area is 98.6 Å². The zero-order valence-electron chi connectivity index (χ0n) is 8.73. The van der Waals surface area contributed by atoms with Gasteiger partial charge in [-0.2, -0.15) is 13.2 Å². The molecule has 0 unspecified atom stereocenters. The summed E-state index contributed by atoms with van der Waals surface area (Å²) in [5.41, 5.74) is -0.767. The minimum Gasteiger partial charge on any atom is -0.476 e. The Morgan fingerprint density at radius 2 is 1.83 bits per heavy atom. The molecule has 0 aliphatic heterocycles. The largest absolute Gasteiger partial charge is 0.476 e. The zero-order valence-corrected chi connectivity index (χ0v) is 8.73. The lowest BCUT2D eigenvalue weighted by Crippen LogP contribution is -2.03.